The third kappa shape index (κ3) is 4.51. The molecule has 168 valence electrons. The Morgan fingerprint density at radius 1 is 1.09 bits per heavy atom. The van der Waals surface area contributed by atoms with Gasteiger partial charge in [0.15, 0.2) is 0 Å². The first-order valence-corrected chi connectivity index (χ1v) is 11.0. The molecule has 33 heavy (non-hydrogen) atoms. The van der Waals surface area contributed by atoms with Crippen LogP contribution >= 0.6 is 11.3 Å². The monoisotopic (exact) mass is 462 g/mol. The zero-order chi connectivity index (χ0) is 23.7. The van der Waals surface area contributed by atoms with Gasteiger partial charge in [-0.05, 0) is 63.1 Å². The van der Waals surface area contributed by atoms with Crippen molar-refractivity contribution in [1.82, 2.24) is 24.7 Å². The number of rotatable bonds is 5. The number of hydrogen-bond acceptors (Lipinski definition) is 8. The molecule has 9 nitrogen and oxygen atoms in total. The van der Waals surface area contributed by atoms with Crippen molar-refractivity contribution in [3.05, 3.63) is 74.4 Å². The fraction of sp³-hybridized carbons (Fsp3) is 0.217. The molecule has 10 heteroatoms. The number of amides is 1. The minimum atomic E-state index is -0.292. The van der Waals surface area contributed by atoms with Crippen LogP contribution in [-0.4, -0.2) is 30.6 Å². The van der Waals surface area contributed by atoms with Gasteiger partial charge in [0.05, 0.1) is 17.0 Å². The lowest BCUT2D eigenvalue weighted by molar-refractivity contribution is 0.102. The summed E-state index contributed by atoms with van der Waals surface area (Å²) in [5.41, 5.74) is 3.74. The van der Waals surface area contributed by atoms with Gasteiger partial charge in [0, 0.05) is 25.1 Å². The Labute approximate surface area is 194 Å². The molecular formula is C23H22N6O3S. The summed E-state index contributed by atoms with van der Waals surface area (Å²) in [5.74, 6) is 0.270. The normalized spacial score (nSPS) is 10.8. The molecular weight excluding hydrogens is 440 g/mol. The highest BCUT2D eigenvalue weighted by Gasteiger charge is 2.21. The van der Waals surface area contributed by atoms with Crippen molar-refractivity contribution in [2.45, 2.75) is 27.7 Å². The molecule has 3 heterocycles. The number of aryl methyl sites for hydroxylation is 4. The average molecular weight is 463 g/mol. The van der Waals surface area contributed by atoms with E-state index in [0.717, 1.165) is 16.8 Å². The van der Waals surface area contributed by atoms with E-state index < -0.39 is 0 Å². The molecule has 1 aromatic carbocycles. The number of thiazole rings is 1. The van der Waals surface area contributed by atoms with E-state index in [2.05, 4.69) is 25.4 Å². The Balaban J connectivity index is 1.58. The van der Waals surface area contributed by atoms with E-state index in [1.165, 1.54) is 16.0 Å². The molecule has 4 rings (SSSR count). The Hall–Kier alpha value is -3.92. The summed E-state index contributed by atoms with van der Waals surface area (Å²) in [7, 11) is 1.60. The van der Waals surface area contributed by atoms with Gasteiger partial charge in [-0.3, -0.25) is 9.59 Å². The summed E-state index contributed by atoms with van der Waals surface area (Å²) in [6.45, 7) is 7.30. The number of benzene rings is 1. The predicted molar refractivity (Wildman–Crippen MR) is 126 cm³/mol. The van der Waals surface area contributed by atoms with Gasteiger partial charge in [0.2, 0.25) is 0 Å². The lowest BCUT2D eigenvalue weighted by Crippen LogP contribution is -2.23. The van der Waals surface area contributed by atoms with Gasteiger partial charge in [-0.25, -0.2) is 19.6 Å². The number of carbonyl (C=O) groups is 1. The van der Waals surface area contributed by atoms with Crippen molar-refractivity contribution >= 4 is 22.9 Å². The molecule has 0 bridgehead atoms. The number of ether oxygens (including phenoxy) is 1. The molecule has 1 amide bonds. The Morgan fingerprint density at radius 3 is 2.52 bits per heavy atom. The van der Waals surface area contributed by atoms with Crippen LogP contribution in [0.1, 0.15) is 32.2 Å². The molecule has 0 aliphatic rings. The maximum Gasteiger partial charge on any atom is 0.321 e. The van der Waals surface area contributed by atoms with Crippen LogP contribution in [0.2, 0.25) is 0 Å². The van der Waals surface area contributed by atoms with Crippen molar-refractivity contribution in [2.24, 2.45) is 7.05 Å². The van der Waals surface area contributed by atoms with E-state index in [1.807, 2.05) is 20.8 Å². The van der Waals surface area contributed by atoms with Gasteiger partial charge < -0.3 is 10.1 Å². The second kappa shape index (κ2) is 8.91. The van der Waals surface area contributed by atoms with Crippen molar-refractivity contribution < 1.29 is 9.53 Å². The van der Waals surface area contributed by atoms with E-state index in [1.54, 1.807) is 50.6 Å². The topological polar surface area (TPSA) is 112 Å². The van der Waals surface area contributed by atoms with Crippen molar-refractivity contribution in [1.29, 1.82) is 0 Å². The minimum Gasteiger partial charge on any atom is -0.424 e. The maximum atomic E-state index is 13.0. The minimum absolute atomic E-state index is 0.243. The van der Waals surface area contributed by atoms with Crippen molar-refractivity contribution in [3.8, 4) is 22.3 Å². The average Bonchev–Trinajstić information content (AvgIpc) is 3.16. The second-order valence-electron chi connectivity index (χ2n) is 7.51. The van der Waals surface area contributed by atoms with Crippen LogP contribution in [0.3, 0.4) is 0 Å². The van der Waals surface area contributed by atoms with E-state index >= 15 is 0 Å². The first-order chi connectivity index (χ1) is 15.7. The van der Waals surface area contributed by atoms with Crippen molar-refractivity contribution in [3.63, 3.8) is 0 Å². The molecule has 0 unspecified atom stereocenters. The number of carbonyl (C=O) groups excluding carboxylic acids is 1. The molecule has 0 spiro atoms. The smallest absolute Gasteiger partial charge is 0.321 e. The SMILES string of the molecule is Cc1cc(Oc2ncccn2)ccc1NC(=O)c1sc(-c2c(C)c(C)nn(C)c2=O)nc1C. The van der Waals surface area contributed by atoms with E-state index in [0.29, 0.717) is 32.6 Å². The third-order valence-electron chi connectivity index (χ3n) is 5.14. The van der Waals surface area contributed by atoms with Gasteiger partial charge in [0.25, 0.3) is 11.5 Å². The van der Waals surface area contributed by atoms with Crippen molar-refractivity contribution in [2.75, 3.05) is 5.32 Å². The molecule has 0 atom stereocenters. The molecule has 0 aliphatic heterocycles. The molecule has 0 fully saturated rings. The quantitative estimate of drug-likeness (QED) is 0.477. The summed E-state index contributed by atoms with van der Waals surface area (Å²) < 4.78 is 6.93. The first kappa shape index (κ1) is 22.3. The summed E-state index contributed by atoms with van der Waals surface area (Å²) in [6, 6.07) is 7.24. The third-order valence-corrected chi connectivity index (χ3v) is 6.31. The molecule has 0 radical (unpaired) electrons. The standard InChI is InChI=1S/C23H22N6O3S/c1-12-11-16(32-23-24-9-6-10-25-23)7-8-17(12)27-20(30)19-15(4)26-21(33-19)18-13(2)14(3)28-29(5)22(18)31/h6-11H,1-5H3,(H,27,30). The zero-order valence-corrected chi connectivity index (χ0v) is 19.6. The molecule has 1 N–H and O–H groups in total. The highest BCUT2D eigenvalue weighted by molar-refractivity contribution is 7.17. The molecule has 0 aliphatic carbocycles. The molecule has 0 saturated heterocycles. The Bertz CT molecular complexity index is 1410. The fourth-order valence-electron chi connectivity index (χ4n) is 3.28. The lowest BCUT2D eigenvalue weighted by atomic mass is 10.1. The van der Waals surface area contributed by atoms with Crippen LogP contribution < -0.4 is 15.6 Å². The second-order valence-corrected chi connectivity index (χ2v) is 8.51. The van der Waals surface area contributed by atoms with Gasteiger partial charge >= 0.3 is 6.01 Å². The predicted octanol–water partition coefficient (Wildman–Crippen LogP) is 3.97. The number of nitrogens with zero attached hydrogens (tertiary/aromatic N) is 5. The Kier molecular flexibility index (Phi) is 6.01. The van der Waals surface area contributed by atoms with Crippen LogP contribution in [0.4, 0.5) is 5.69 Å². The van der Waals surface area contributed by atoms with Gasteiger partial charge in [0.1, 0.15) is 15.6 Å². The van der Waals surface area contributed by atoms with Crippen LogP contribution in [-0.2, 0) is 7.05 Å². The fourth-order valence-corrected chi connectivity index (χ4v) is 4.33. The Morgan fingerprint density at radius 2 is 1.82 bits per heavy atom. The van der Waals surface area contributed by atoms with E-state index in [-0.39, 0.29) is 17.5 Å². The lowest BCUT2D eigenvalue weighted by Gasteiger charge is -2.10. The number of anilines is 1. The van der Waals surface area contributed by atoms with Crippen LogP contribution in [0, 0.1) is 27.7 Å². The number of nitrogens with one attached hydrogen (secondary N) is 1. The highest BCUT2D eigenvalue weighted by atomic mass is 32.1. The zero-order valence-electron chi connectivity index (χ0n) is 18.8. The maximum absolute atomic E-state index is 13.0. The summed E-state index contributed by atoms with van der Waals surface area (Å²) >= 11 is 1.19. The molecule has 0 saturated carbocycles. The van der Waals surface area contributed by atoms with Crippen LogP contribution in [0.15, 0.2) is 41.5 Å². The largest absolute Gasteiger partial charge is 0.424 e. The van der Waals surface area contributed by atoms with Gasteiger partial charge in [-0.1, -0.05) is 0 Å². The molecule has 4 aromatic rings. The first-order valence-electron chi connectivity index (χ1n) is 10.1. The van der Waals surface area contributed by atoms with Gasteiger partial charge in [-0.2, -0.15) is 5.10 Å². The molecule has 3 aromatic heterocycles. The summed E-state index contributed by atoms with van der Waals surface area (Å²) in [4.78, 5) is 38.7. The van der Waals surface area contributed by atoms with Gasteiger partial charge in [-0.15, -0.1) is 11.3 Å². The number of aromatic nitrogens is 5. The van der Waals surface area contributed by atoms with Crippen LogP contribution in [0.5, 0.6) is 11.8 Å². The van der Waals surface area contributed by atoms with E-state index in [4.69, 9.17) is 4.74 Å². The summed E-state index contributed by atoms with van der Waals surface area (Å²) in [6.07, 6.45) is 3.19. The highest BCUT2D eigenvalue weighted by Crippen LogP contribution is 2.30. The summed E-state index contributed by atoms with van der Waals surface area (Å²) in [5, 5.41) is 7.63. The van der Waals surface area contributed by atoms with E-state index in [9.17, 15) is 9.59 Å². The number of hydrogen-bond donors (Lipinski definition) is 1. The van der Waals surface area contributed by atoms with Crippen LogP contribution in [0.25, 0.3) is 10.6 Å².